The van der Waals surface area contributed by atoms with Gasteiger partial charge in [0.2, 0.25) is 5.91 Å². The van der Waals surface area contributed by atoms with Gasteiger partial charge in [0.25, 0.3) is 5.91 Å². The van der Waals surface area contributed by atoms with Crippen LogP contribution in [0.2, 0.25) is 5.02 Å². The van der Waals surface area contributed by atoms with Crippen molar-refractivity contribution in [1.29, 1.82) is 0 Å². The molecule has 0 saturated carbocycles. The van der Waals surface area contributed by atoms with E-state index in [2.05, 4.69) is 15.5 Å². The first-order chi connectivity index (χ1) is 14.9. The zero-order valence-corrected chi connectivity index (χ0v) is 18.8. The number of anilines is 1. The first-order valence-corrected chi connectivity index (χ1v) is 10.6. The molecule has 0 aliphatic heterocycles. The second-order valence-electron chi connectivity index (χ2n) is 6.63. The van der Waals surface area contributed by atoms with E-state index in [0.717, 1.165) is 11.5 Å². The highest BCUT2D eigenvalue weighted by Gasteiger charge is 2.20. The van der Waals surface area contributed by atoms with E-state index in [9.17, 15) is 9.59 Å². The van der Waals surface area contributed by atoms with Crippen LogP contribution in [-0.2, 0) is 10.5 Å². The van der Waals surface area contributed by atoms with Gasteiger partial charge in [-0.3, -0.25) is 9.59 Å². The molecule has 3 rings (SSSR count). The maximum absolute atomic E-state index is 13.0. The molecule has 10 heteroatoms. The van der Waals surface area contributed by atoms with Gasteiger partial charge in [0.15, 0.2) is 0 Å². The summed E-state index contributed by atoms with van der Waals surface area (Å²) in [6.45, 7) is 1.66. The fourth-order valence-electron chi connectivity index (χ4n) is 2.76. The number of ether oxygens (including phenoxy) is 1. The molecule has 0 aliphatic rings. The summed E-state index contributed by atoms with van der Waals surface area (Å²) >= 11 is 7.37. The molecule has 3 aromatic rings. The molecule has 2 aromatic heterocycles. The SMILES string of the molecule is COc1ccc(Cl)cc1NC(=O)CN(C)C(=O)c1cccnc1SCc1cc(C)on1. The number of carbonyl (C=O) groups is 2. The van der Waals surface area contributed by atoms with Crippen LogP contribution in [-0.4, -0.2) is 47.6 Å². The predicted molar refractivity (Wildman–Crippen MR) is 119 cm³/mol. The molecule has 0 bridgehead atoms. The zero-order chi connectivity index (χ0) is 22.4. The fraction of sp³-hybridized carbons (Fsp3) is 0.238. The molecule has 0 atom stereocenters. The molecule has 0 unspecified atom stereocenters. The molecular formula is C21H21ClN4O4S. The molecule has 1 N–H and O–H groups in total. The van der Waals surface area contributed by atoms with E-state index in [1.165, 1.54) is 23.8 Å². The van der Waals surface area contributed by atoms with Gasteiger partial charge in [-0.05, 0) is 37.3 Å². The quantitative estimate of drug-likeness (QED) is 0.506. The van der Waals surface area contributed by atoms with Crippen molar-refractivity contribution in [1.82, 2.24) is 15.0 Å². The van der Waals surface area contributed by atoms with E-state index in [1.807, 2.05) is 13.0 Å². The Morgan fingerprint density at radius 3 is 2.81 bits per heavy atom. The van der Waals surface area contributed by atoms with Crippen molar-refractivity contribution < 1.29 is 18.8 Å². The van der Waals surface area contributed by atoms with Gasteiger partial charge in [-0.1, -0.05) is 28.5 Å². The number of thioether (sulfide) groups is 1. The van der Waals surface area contributed by atoms with Crippen LogP contribution in [0.4, 0.5) is 5.69 Å². The Morgan fingerprint density at radius 2 is 2.10 bits per heavy atom. The number of likely N-dealkylation sites (N-methyl/N-ethyl adjacent to an activating group) is 1. The third-order valence-corrected chi connectivity index (χ3v) is 5.47. The van der Waals surface area contributed by atoms with E-state index in [-0.39, 0.29) is 18.4 Å². The van der Waals surface area contributed by atoms with Crippen LogP contribution in [0, 0.1) is 6.92 Å². The average molecular weight is 461 g/mol. The van der Waals surface area contributed by atoms with Gasteiger partial charge in [-0.2, -0.15) is 0 Å². The van der Waals surface area contributed by atoms with Gasteiger partial charge in [0.1, 0.15) is 16.5 Å². The lowest BCUT2D eigenvalue weighted by atomic mass is 10.2. The number of pyridine rings is 1. The number of aromatic nitrogens is 2. The minimum Gasteiger partial charge on any atom is -0.495 e. The van der Waals surface area contributed by atoms with Crippen LogP contribution in [0.15, 0.2) is 52.1 Å². The Bertz CT molecular complexity index is 1090. The Morgan fingerprint density at radius 1 is 1.29 bits per heavy atom. The number of nitrogens with zero attached hydrogens (tertiary/aromatic N) is 3. The second kappa shape index (κ2) is 10.3. The zero-order valence-electron chi connectivity index (χ0n) is 17.2. The summed E-state index contributed by atoms with van der Waals surface area (Å²) in [6.07, 6.45) is 1.62. The number of carbonyl (C=O) groups excluding carboxylic acids is 2. The number of halogens is 1. The topological polar surface area (TPSA) is 97.6 Å². The van der Waals surface area contributed by atoms with E-state index < -0.39 is 0 Å². The lowest BCUT2D eigenvalue weighted by molar-refractivity contribution is -0.116. The Balaban J connectivity index is 1.66. The molecule has 0 spiro atoms. The molecule has 2 heterocycles. The first kappa shape index (κ1) is 22.6. The van der Waals surface area contributed by atoms with Gasteiger partial charge in [0.05, 0.1) is 30.6 Å². The standard InChI is InChI=1S/C21H21ClN4O4S/c1-13-9-15(25-30-13)12-31-20-16(5-4-8-23-20)21(28)26(2)11-19(27)24-17-10-14(22)6-7-18(17)29-3/h4-10H,11-12H2,1-3H3,(H,24,27). The average Bonchev–Trinajstić information content (AvgIpc) is 3.17. The van der Waals surface area contributed by atoms with Gasteiger partial charge in [-0.15, -0.1) is 0 Å². The van der Waals surface area contributed by atoms with E-state index in [4.69, 9.17) is 20.9 Å². The highest BCUT2D eigenvalue weighted by Crippen LogP contribution is 2.28. The Hall–Kier alpha value is -3.04. The van der Waals surface area contributed by atoms with Crippen molar-refractivity contribution in [3.8, 4) is 5.75 Å². The fourth-order valence-corrected chi connectivity index (χ4v) is 3.80. The van der Waals surface area contributed by atoms with Gasteiger partial charge < -0.3 is 19.5 Å². The van der Waals surface area contributed by atoms with Crippen molar-refractivity contribution in [2.24, 2.45) is 0 Å². The summed E-state index contributed by atoms with van der Waals surface area (Å²) in [6, 6.07) is 10.1. The molecular weight excluding hydrogens is 440 g/mol. The summed E-state index contributed by atoms with van der Waals surface area (Å²) in [7, 11) is 3.05. The molecule has 2 amide bonds. The van der Waals surface area contributed by atoms with Gasteiger partial charge >= 0.3 is 0 Å². The molecule has 0 radical (unpaired) electrons. The molecule has 31 heavy (non-hydrogen) atoms. The van der Waals surface area contributed by atoms with Crippen molar-refractivity contribution in [3.63, 3.8) is 0 Å². The third-order valence-electron chi connectivity index (χ3n) is 4.20. The maximum Gasteiger partial charge on any atom is 0.256 e. The third kappa shape index (κ3) is 5.99. The molecule has 0 fully saturated rings. The molecule has 0 saturated heterocycles. The number of aryl methyl sites for hydroxylation is 1. The number of methoxy groups -OCH3 is 1. The van der Waals surface area contributed by atoms with E-state index >= 15 is 0 Å². The van der Waals surface area contributed by atoms with Crippen LogP contribution < -0.4 is 10.1 Å². The van der Waals surface area contributed by atoms with Gasteiger partial charge in [0, 0.05) is 30.1 Å². The smallest absolute Gasteiger partial charge is 0.256 e. The van der Waals surface area contributed by atoms with Crippen molar-refractivity contribution in [2.75, 3.05) is 26.0 Å². The molecule has 8 nitrogen and oxygen atoms in total. The van der Waals surface area contributed by atoms with Crippen LogP contribution in [0.25, 0.3) is 0 Å². The summed E-state index contributed by atoms with van der Waals surface area (Å²) in [4.78, 5) is 31.1. The Kier molecular flexibility index (Phi) is 7.54. The lowest BCUT2D eigenvalue weighted by Crippen LogP contribution is -2.35. The van der Waals surface area contributed by atoms with Crippen LogP contribution in [0.3, 0.4) is 0 Å². The highest BCUT2D eigenvalue weighted by atomic mass is 35.5. The van der Waals surface area contributed by atoms with Gasteiger partial charge in [-0.25, -0.2) is 4.98 Å². The monoisotopic (exact) mass is 460 g/mol. The van der Waals surface area contributed by atoms with E-state index in [1.54, 1.807) is 43.6 Å². The van der Waals surface area contributed by atoms with Crippen molar-refractivity contribution >= 4 is 40.9 Å². The second-order valence-corrected chi connectivity index (χ2v) is 8.03. The minimum absolute atomic E-state index is 0.157. The highest BCUT2D eigenvalue weighted by molar-refractivity contribution is 7.98. The van der Waals surface area contributed by atoms with Crippen LogP contribution >= 0.6 is 23.4 Å². The number of rotatable bonds is 8. The maximum atomic E-state index is 13.0. The molecule has 1 aromatic carbocycles. The summed E-state index contributed by atoms with van der Waals surface area (Å²) < 4.78 is 10.3. The first-order valence-electron chi connectivity index (χ1n) is 9.26. The lowest BCUT2D eigenvalue weighted by Gasteiger charge is -2.18. The minimum atomic E-state index is -0.382. The number of benzene rings is 1. The van der Waals surface area contributed by atoms with Crippen molar-refractivity contribution in [3.05, 3.63) is 64.6 Å². The molecule has 0 aliphatic carbocycles. The van der Waals surface area contributed by atoms with Crippen LogP contribution in [0.1, 0.15) is 21.8 Å². The normalized spacial score (nSPS) is 10.6. The van der Waals surface area contributed by atoms with Crippen molar-refractivity contribution in [2.45, 2.75) is 17.7 Å². The summed E-state index contributed by atoms with van der Waals surface area (Å²) in [5, 5.41) is 7.68. The van der Waals surface area contributed by atoms with E-state index in [0.29, 0.717) is 32.8 Å². The number of hydrogen-bond acceptors (Lipinski definition) is 7. The molecule has 162 valence electrons. The Labute approximate surface area is 188 Å². The summed E-state index contributed by atoms with van der Waals surface area (Å²) in [5.41, 5.74) is 1.60. The number of hydrogen-bond donors (Lipinski definition) is 1. The number of amides is 2. The largest absolute Gasteiger partial charge is 0.495 e. The van der Waals surface area contributed by atoms with Crippen LogP contribution in [0.5, 0.6) is 5.75 Å². The summed E-state index contributed by atoms with van der Waals surface area (Å²) in [5.74, 6) is 0.997. The predicted octanol–water partition coefficient (Wildman–Crippen LogP) is 4.04. The number of nitrogens with one attached hydrogen (secondary N) is 1.